The van der Waals surface area contributed by atoms with Crippen LogP contribution in [0.5, 0.6) is 0 Å². The molecule has 1 aromatic rings. The third-order valence-corrected chi connectivity index (χ3v) is 0.938. The number of aromatic nitrogens is 3. The fourth-order valence-electron chi connectivity index (χ4n) is 0.319. The van der Waals surface area contributed by atoms with Crippen LogP contribution in [-0.2, 0) is 7.05 Å². The van der Waals surface area contributed by atoms with Gasteiger partial charge in [-0.05, 0) is 15.9 Å². The summed E-state index contributed by atoms with van der Waals surface area (Å²) in [6.07, 6.45) is 1.78. The molecule has 0 aliphatic rings. The van der Waals surface area contributed by atoms with Crippen molar-refractivity contribution in [2.75, 3.05) is 0 Å². The Morgan fingerprint density at radius 1 is 1.86 bits per heavy atom. The van der Waals surface area contributed by atoms with Crippen molar-refractivity contribution in [3.63, 3.8) is 0 Å². The molecule has 4 heteroatoms. The zero-order valence-corrected chi connectivity index (χ0v) is 5.38. The summed E-state index contributed by atoms with van der Waals surface area (Å²) in [6, 6.07) is 0. The predicted octanol–water partition coefficient (Wildman–Crippen LogP) is 0.578. The molecule has 0 aromatic carbocycles. The van der Waals surface area contributed by atoms with E-state index in [1.165, 1.54) is 0 Å². The molecule has 3 nitrogen and oxygen atoms in total. The highest BCUT2D eigenvalue weighted by Crippen LogP contribution is 1.98. The Morgan fingerprint density at radius 3 is 2.71 bits per heavy atom. The summed E-state index contributed by atoms with van der Waals surface area (Å²) in [5, 5.41) is 7.28. The second kappa shape index (κ2) is 1.61. The van der Waals surface area contributed by atoms with E-state index in [-0.39, 0.29) is 0 Å². The van der Waals surface area contributed by atoms with Crippen LogP contribution in [0.4, 0.5) is 0 Å². The van der Waals surface area contributed by atoms with Gasteiger partial charge in [0.1, 0.15) is 4.60 Å². The average Bonchev–Trinajstić information content (AvgIpc) is 1.87. The van der Waals surface area contributed by atoms with Gasteiger partial charge in [-0.15, -0.1) is 5.10 Å². The molecule has 1 aromatic heterocycles. The lowest BCUT2D eigenvalue weighted by atomic mass is 10.9. The third-order valence-electron chi connectivity index (χ3n) is 0.575. The molecule has 1 rings (SSSR count). The van der Waals surface area contributed by atoms with Crippen molar-refractivity contribution >= 4 is 15.9 Å². The molecule has 0 amide bonds. The minimum absolute atomic E-state index is 0.773. The first-order valence-corrected chi connectivity index (χ1v) is 2.60. The van der Waals surface area contributed by atoms with E-state index in [1.54, 1.807) is 10.9 Å². The summed E-state index contributed by atoms with van der Waals surface area (Å²) >= 11 is 3.14. The molecular formula is C3H4BrN3. The largest absolute Gasteiger partial charge is 0.254 e. The number of hydrogen-bond acceptors (Lipinski definition) is 2. The van der Waals surface area contributed by atoms with Gasteiger partial charge in [0.05, 0.1) is 6.20 Å². The van der Waals surface area contributed by atoms with E-state index >= 15 is 0 Å². The van der Waals surface area contributed by atoms with E-state index in [2.05, 4.69) is 26.2 Å². The highest BCUT2D eigenvalue weighted by Gasteiger charge is 1.86. The van der Waals surface area contributed by atoms with Crippen molar-refractivity contribution in [1.29, 1.82) is 0 Å². The second-order valence-corrected chi connectivity index (χ2v) is 2.03. The van der Waals surface area contributed by atoms with Crippen LogP contribution in [-0.4, -0.2) is 15.0 Å². The van der Waals surface area contributed by atoms with Crippen molar-refractivity contribution in [2.24, 2.45) is 7.05 Å². The quantitative estimate of drug-likeness (QED) is 0.558. The fraction of sp³-hybridized carbons (Fsp3) is 0.333. The lowest BCUT2D eigenvalue weighted by Gasteiger charge is -1.74. The maximum atomic E-state index is 3.65. The Kier molecular flexibility index (Phi) is 1.10. The SMILES string of the molecule is Cn1cc(Br)nn1. The Labute approximate surface area is 49.5 Å². The number of aryl methyl sites for hydroxylation is 1. The highest BCUT2D eigenvalue weighted by atomic mass is 79.9. The first kappa shape index (κ1) is 4.77. The first-order valence-electron chi connectivity index (χ1n) is 1.81. The molecule has 0 bridgehead atoms. The lowest BCUT2D eigenvalue weighted by molar-refractivity contribution is 0.714. The van der Waals surface area contributed by atoms with Gasteiger partial charge in [0, 0.05) is 7.05 Å². The second-order valence-electron chi connectivity index (χ2n) is 1.21. The highest BCUT2D eigenvalue weighted by molar-refractivity contribution is 9.10. The Morgan fingerprint density at radius 2 is 2.57 bits per heavy atom. The number of nitrogens with zero attached hydrogens (tertiary/aromatic N) is 3. The standard InChI is InChI=1S/C3H4BrN3/c1-7-2-3(4)5-6-7/h2H,1H3. The van der Waals surface area contributed by atoms with Crippen molar-refractivity contribution in [2.45, 2.75) is 0 Å². The van der Waals surface area contributed by atoms with Crippen LogP contribution in [0.15, 0.2) is 10.8 Å². The summed E-state index contributed by atoms with van der Waals surface area (Å²) < 4.78 is 2.40. The zero-order valence-electron chi connectivity index (χ0n) is 3.80. The van der Waals surface area contributed by atoms with Crippen LogP contribution in [0, 0.1) is 0 Å². The van der Waals surface area contributed by atoms with Crippen molar-refractivity contribution in [3.8, 4) is 0 Å². The van der Waals surface area contributed by atoms with Gasteiger partial charge in [0.15, 0.2) is 0 Å². The Bertz CT molecular complexity index is 142. The van der Waals surface area contributed by atoms with E-state index in [0.29, 0.717) is 0 Å². The average molecular weight is 162 g/mol. The summed E-state index contributed by atoms with van der Waals surface area (Å²) in [5.41, 5.74) is 0. The van der Waals surface area contributed by atoms with Crippen molar-refractivity contribution in [1.82, 2.24) is 15.0 Å². The van der Waals surface area contributed by atoms with Crippen LogP contribution < -0.4 is 0 Å². The van der Waals surface area contributed by atoms with Gasteiger partial charge in [-0.2, -0.15) is 0 Å². The molecule has 0 aliphatic carbocycles. The molecule has 0 unspecified atom stereocenters. The summed E-state index contributed by atoms with van der Waals surface area (Å²) in [7, 11) is 1.82. The molecule has 0 atom stereocenters. The maximum Gasteiger partial charge on any atom is 0.148 e. The molecule has 0 saturated carbocycles. The minimum atomic E-state index is 0.773. The van der Waals surface area contributed by atoms with Gasteiger partial charge in [0.25, 0.3) is 0 Å². The minimum Gasteiger partial charge on any atom is -0.254 e. The van der Waals surface area contributed by atoms with Crippen molar-refractivity contribution < 1.29 is 0 Å². The van der Waals surface area contributed by atoms with E-state index < -0.39 is 0 Å². The van der Waals surface area contributed by atoms with E-state index in [1.807, 2.05) is 7.05 Å². The predicted molar refractivity (Wildman–Crippen MR) is 28.7 cm³/mol. The maximum absolute atomic E-state index is 3.65. The molecule has 0 spiro atoms. The van der Waals surface area contributed by atoms with Crippen LogP contribution in [0.25, 0.3) is 0 Å². The fourth-order valence-corrected chi connectivity index (χ4v) is 0.686. The molecule has 1 heterocycles. The molecule has 0 fully saturated rings. The smallest absolute Gasteiger partial charge is 0.148 e. The van der Waals surface area contributed by atoms with Gasteiger partial charge in [-0.3, -0.25) is 4.68 Å². The molecule has 7 heavy (non-hydrogen) atoms. The summed E-state index contributed by atoms with van der Waals surface area (Å²) in [5.74, 6) is 0. The summed E-state index contributed by atoms with van der Waals surface area (Å²) in [4.78, 5) is 0. The van der Waals surface area contributed by atoms with Crippen LogP contribution in [0.1, 0.15) is 0 Å². The molecule has 0 saturated heterocycles. The summed E-state index contributed by atoms with van der Waals surface area (Å²) in [6.45, 7) is 0. The first-order chi connectivity index (χ1) is 3.29. The molecule has 0 N–H and O–H groups in total. The number of hydrogen-bond donors (Lipinski definition) is 0. The van der Waals surface area contributed by atoms with E-state index in [9.17, 15) is 0 Å². The molecule has 0 radical (unpaired) electrons. The third kappa shape index (κ3) is 0.991. The Hall–Kier alpha value is -0.380. The monoisotopic (exact) mass is 161 g/mol. The van der Waals surface area contributed by atoms with Crippen LogP contribution in [0.2, 0.25) is 0 Å². The number of rotatable bonds is 0. The number of halogens is 1. The van der Waals surface area contributed by atoms with Crippen LogP contribution >= 0.6 is 15.9 Å². The molecule has 38 valence electrons. The topological polar surface area (TPSA) is 30.7 Å². The lowest BCUT2D eigenvalue weighted by Crippen LogP contribution is -1.85. The normalized spacial score (nSPS) is 9.43. The zero-order chi connectivity index (χ0) is 5.28. The van der Waals surface area contributed by atoms with Gasteiger partial charge >= 0.3 is 0 Å². The van der Waals surface area contributed by atoms with Crippen molar-refractivity contribution in [3.05, 3.63) is 10.8 Å². The molecular weight excluding hydrogens is 158 g/mol. The van der Waals surface area contributed by atoms with Crippen LogP contribution in [0.3, 0.4) is 0 Å². The van der Waals surface area contributed by atoms with Gasteiger partial charge in [0.2, 0.25) is 0 Å². The van der Waals surface area contributed by atoms with Gasteiger partial charge < -0.3 is 0 Å². The van der Waals surface area contributed by atoms with E-state index in [0.717, 1.165) is 4.60 Å². The van der Waals surface area contributed by atoms with Gasteiger partial charge in [-0.25, -0.2) is 0 Å². The van der Waals surface area contributed by atoms with E-state index in [4.69, 9.17) is 0 Å². The van der Waals surface area contributed by atoms with Gasteiger partial charge in [-0.1, -0.05) is 5.21 Å². The molecule has 0 aliphatic heterocycles. The Balaban J connectivity index is 3.04.